The molecule has 6 rings (SSSR count). The molecule has 0 aliphatic heterocycles. The van der Waals surface area contributed by atoms with E-state index < -0.39 is 0 Å². The van der Waals surface area contributed by atoms with Crippen molar-refractivity contribution in [2.45, 2.75) is 121 Å². The standard InChI is InChI=1S/C32H30NOS.C15H28O2.Ir/c1-18(2)15-25-19(3)34-27-12-11-23-24-13-14-33-29(31(24)35-30(23)28(25)27)21-16-20-9-7-8-10-22(20)26(17-21)32(4,5)6;1-7-14(5,8-2)12(16)11-13(17)15(6,9-3)10-4;/h7-14,17-18H,15H2,1-6H3;11,16H,7-10H2,1-6H3;/q-1;;/b;12-11-;. The first kappa shape index (κ1) is 42.4. The second-order valence-electron chi connectivity index (χ2n) is 16.5. The fourth-order valence-corrected chi connectivity index (χ4v) is 8.39. The number of hydrogen-bond acceptors (Lipinski definition) is 5. The van der Waals surface area contributed by atoms with E-state index in [1.54, 1.807) is 0 Å². The zero-order chi connectivity index (χ0) is 38.2. The van der Waals surface area contributed by atoms with Crippen LogP contribution in [0.15, 0.2) is 71.0 Å². The first-order valence-electron chi connectivity index (χ1n) is 19.1. The minimum absolute atomic E-state index is 0. The molecule has 3 heterocycles. The third kappa shape index (κ3) is 8.36. The minimum Gasteiger partial charge on any atom is -0.512 e. The predicted molar refractivity (Wildman–Crippen MR) is 224 cm³/mol. The van der Waals surface area contributed by atoms with E-state index in [4.69, 9.17) is 9.40 Å². The van der Waals surface area contributed by atoms with Gasteiger partial charge in [0.2, 0.25) is 0 Å². The molecule has 0 aliphatic carbocycles. The van der Waals surface area contributed by atoms with E-state index in [1.165, 1.54) is 48.1 Å². The molecule has 0 unspecified atom stereocenters. The summed E-state index contributed by atoms with van der Waals surface area (Å²) in [4.78, 5) is 17.1. The van der Waals surface area contributed by atoms with Crippen LogP contribution in [0.2, 0.25) is 0 Å². The number of ketones is 1. The van der Waals surface area contributed by atoms with Crippen molar-refractivity contribution in [2.75, 3.05) is 0 Å². The number of benzene rings is 3. The Kier molecular flexibility index (Phi) is 13.3. The summed E-state index contributed by atoms with van der Waals surface area (Å²) < 4.78 is 8.73. The second kappa shape index (κ2) is 16.6. The molecule has 1 N–H and O–H groups in total. The Balaban J connectivity index is 0.000000299. The van der Waals surface area contributed by atoms with Gasteiger partial charge in [0.15, 0.2) is 5.78 Å². The first-order valence-corrected chi connectivity index (χ1v) is 20.0. The number of hydrogen-bond donors (Lipinski definition) is 1. The Bertz CT molecular complexity index is 2260. The molecule has 0 atom stereocenters. The molecule has 0 fully saturated rings. The molecule has 0 saturated heterocycles. The van der Waals surface area contributed by atoms with E-state index in [0.717, 1.165) is 60.1 Å². The average molecular weight is 909 g/mol. The van der Waals surface area contributed by atoms with E-state index >= 15 is 0 Å². The van der Waals surface area contributed by atoms with Gasteiger partial charge in [-0.2, -0.15) is 0 Å². The monoisotopic (exact) mass is 909 g/mol. The molecule has 4 nitrogen and oxygen atoms in total. The van der Waals surface area contributed by atoms with Gasteiger partial charge in [0.05, 0.1) is 0 Å². The fourth-order valence-electron chi connectivity index (χ4n) is 7.03. The van der Waals surface area contributed by atoms with Crippen molar-refractivity contribution < 1.29 is 34.4 Å². The number of aliphatic hydroxyl groups is 1. The molecule has 3 aromatic heterocycles. The molecule has 0 bridgehead atoms. The minimum atomic E-state index is -0.337. The van der Waals surface area contributed by atoms with Crippen LogP contribution < -0.4 is 0 Å². The molecular formula is C47H58IrNO3S-. The number of fused-ring (bicyclic) bond motifs is 6. The number of carbonyl (C=O) groups excluding carboxylic acids is 1. The van der Waals surface area contributed by atoms with Gasteiger partial charge in [-0.15, -0.1) is 40.5 Å². The van der Waals surface area contributed by atoms with Crippen molar-refractivity contribution in [3.05, 3.63) is 89.5 Å². The van der Waals surface area contributed by atoms with Crippen molar-refractivity contribution in [1.29, 1.82) is 0 Å². The molecule has 1 radical (unpaired) electrons. The summed E-state index contributed by atoms with van der Waals surface area (Å²) in [5.74, 6) is 1.89. The van der Waals surface area contributed by atoms with Crippen LogP contribution in [0.25, 0.3) is 53.2 Å². The zero-order valence-electron chi connectivity index (χ0n) is 33.8. The summed E-state index contributed by atoms with van der Waals surface area (Å²) in [6.07, 6.45) is 7.72. The van der Waals surface area contributed by atoms with Gasteiger partial charge in [-0.3, -0.25) is 9.78 Å². The first-order chi connectivity index (χ1) is 24.5. The molecule has 53 heavy (non-hydrogen) atoms. The van der Waals surface area contributed by atoms with E-state index in [1.807, 2.05) is 59.1 Å². The molecule has 285 valence electrons. The average Bonchev–Trinajstić information content (AvgIpc) is 3.66. The molecule has 6 aromatic rings. The normalized spacial score (nSPS) is 12.8. The Morgan fingerprint density at radius 1 is 0.887 bits per heavy atom. The number of carbonyl (C=O) groups is 1. The smallest absolute Gasteiger partial charge is 0.164 e. The van der Waals surface area contributed by atoms with Crippen molar-refractivity contribution in [1.82, 2.24) is 4.98 Å². The van der Waals surface area contributed by atoms with Crippen LogP contribution >= 0.6 is 11.3 Å². The summed E-state index contributed by atoms with van der Waals surface area (Å²) in [5, 5.41) is 16.4. The van der Waals surface area contributed by atoms with E-state index in [0.29, 0.717) is 5.92 Å². The summed E-state index contributed by atoms with van der Waals surface area (Å²) >= 11 is 1.84. The Morgan fingerprint density at radius 2 is 1.51 bits per heavy atom. The largest absolute Gasteiger partial charge is 0.512 e. The third-order valence-electron chi connectivity index (χ3n) is 11.6. The number of nitrogens with zero attached hydrogens (tertiary/aromatic N) is 1. The van der Waals surface area contributed by atoms with Crippen LogP contribution in [-0.2, 0) is 36.7 Å². The molecule has 0 aliphatic rings. The van der Waals surface area contributed by atoms with Gasteiger partial charge >= 0.3 is 0 Å². The molecule has 6 heteroatoms. The van der Waals surface area contributed by atoms with Crippen LogP contribution in [0.3, 0.4) is 0 Å². The van der Waals surface area contributed by atoms with E-state index in [2.05, 4.69) is 96.1 Å². The number of furan rings is 1. The van der Waals surface area contributed by atoms with Gasteiger partial charge in [0.1, 0.15) is 17.1 Å². The zero-order valence-corrected chi connectivity index (χ0v) is 37.1. The number of thiophene rings is 1. The maximum Gasteiger partial charge on any atom is 0.164 e. The fraction of sp³-hybridized carbons (Fsp3) is 0.447. The van der Waals surface area contributed by atoms with Crippen LogP contribution in [0.1, 0.15) is 119 Å². The van der Waals surface area contributed by atoms with Crippen LogP contribution in [0.5, 0.6) is 0 Å². The van der Waals surface area contributed by atoms with Crippen molar-refractivity contribution >= 4 is 59.0 Å². The van der Waals surface area contributed by atoms with Crippen molar-refractivity contribution in [3.63, 3.8) is 0 Å². The second-order valence-corrected chi connectivity index (χ2v) is 17.5. The van der Waals surface area contributed by atoms with E-state index in [-0.39, 0.29) is 47.9 Å². The van der Waals surface area contributed by atoms with Gasteiger partial charge in [-0.25, -0.2) is 0 Å². The van der Waals surface area contributed by atoms with Crippen LogP contribution in [0.4, 0.5) is 0 Å². The maximum absolute atomic E-state index is 12.2. The van der Waals surface area contributed by atoms with Gasteiger partial charge in [0, 0.05) is 74.6 Å². The van der Waals surface area contributed by atoms with Gasteiger partial charge in [-0.05, 0) is 73.9 Å². The Hall–Kier alpha value is -3.31. The van der Waals surface area contributed by atoms with E-state index in [9.17, 15) is 9.90 Å². The Labute approximate surface area is 334 Å². The summed E-state index contributed by atoms with van der Waals surface area (Å²) in [6.45, 7) is 25.6. The third-order valence-corrected chi connectivity index (χ3v) is 12.8. The maximum atomic E-state index is 12.2. The Morgan fingerprint density at radius 3 is 2.11 bits per heavy atom. The number of aliphatic hydroxyl groups excluding tert-OH is 1. The SMILES string of the molecule is CCC(C)(CC)C(=O)/C=C(\O)C(C)(CC)CC.Cc1oc2ccc3c4ccnc(-c5[c-]c6ccccc6c(C(C)(C)C)c5)c4sc3c2c1CC(C)C.[Ir]. The summed E-state index contributed by atoms with van der Waals surface area (Å²) in [7, 11) is 0. The number of pyridine rings is 1. The molecular weight excluding hydrogens is 851 g/mol. The summed E-state index contributed by atoms with van der Waals surface area (Å²) in [6, 6.07) is 21.1. The van der Waals surface area contributed by atoms with Gasteiger partial charge in [-0.1, -0.05) is 105 Å². The van der Waals surface area contributed by atoms with Crippen molar-refractivity contribution in [2.24, 2.45) is 16.7 Å². The topological polar surface area (TPSA) is 63.3 Å². The van der Waals surface area contributed by atoms with Gasteiger partial charge in [0.25, 0.3) is 0 Å². The van der Waals surface area contributed by atoms with Crippen molar-refractivity contribution in [3.8, 4) is 11.3 Å². The predicted octanol–water partition coefficient (Wildman–Crippen LogP) is 14.3. The number of allylic oxidation sites excluding steroid dienone is 2. The number of rotatable bonds is 10. The summed E-state index contributed by atoms with van der Waals surface area (Å²) in [5.41, 5.74) is 5.14. The van der Waals surface area contributed by atoms with Gasteiger partial charge < -0.3 is 9.52 Å². The quantitative estimate of drug-likeness (QED) is 0.0845. The van der Waals surface area contributed by atoms with Crippen LogP contribution in [-0.4, -0.2) is 15.9 Å². The molecule has 0 saturated carbocycles. The number of aromatic nitrogens is 1. The number of aryl methyl sites for hydroxylation is 1. The van der Waals surface area contributed by atoms with Crippen LogP contribution in [0, 0.1) is 29.7 Å². The molecule has 0 spiro atoms. The molecule has 0 amide bonds. The molecule has 3 aromatic carbocycles.